The zero-order valence-electron chi connectivity index (χ0n) is 14.9. The van der Waals surface area contributed by atoms with Gasteiger partial charge in [-0.1, -0.05) is 12.1 Å². The summed E-state index contributed by atoms with van der Waals surface area (Å²) in [5.74, 6) is -2.77. The van der Waals surface area contributed by atoms with Gasteiger partial charge < -0.3 is 26.5 Å². The topological polar surface area (TPSA) is 120 Å². The van der Waals surface area contributed by atoms with Crippen LogP contribution in [0.25, 0.3) is 10.9 Å². The molecule has 2 rings (SSSR count). The molecule has 0 saturated carbocycles. The number of aromatic amines is 1. The zero-order chi connectivity index (χ0) is 20.6. The third-order valence-corrected chi connectivity index (χ3v) is 3.52. The highest BCUT2D eigenvalue weighted by Gasteiger charge is 2.38. The summed E-state index contributed by atoms with van der Waals surface area (Å²) in [5.41, 5.74) is 7.85. The Morgan fingerprint density at radius 1 is 1.26 bits per heavy atom. The van der Waals surface area contributed by atoms with Gasteiger partial charge in [-0.25, -0.2) is 4.79 Å². The van der Waals surface area contributed by atoms with Gasteiger partial charge in [0.1, 0.15) is 0 Å². The van der Waals surface area contributed by atoms with Crippen LogP contribution in [0.1, 0.15) is 19.4 Å². The molecule has 0 spiro atoms. The van der Waals surface area contributed by atoms with E-state index in [1.807, 2.05) is 44.3 Å². The van der Waals surface area contributed by atoms with Gasteiger partial charge in [0, 0.05) is 36.2 Å². The van der Waals surface area contributed by atoms with Gasteiger partial charge in [0.25, 0.3) is 0 Å². The molecule has 0 unspecified atom stereocenters. The summed E-state index contributed by atoms with van der Waals surface area (Å²) in [6, 6.07) is 7.85. The molecule has 2 aromatic rings. The standard InChI is InChI=1S/C15H22N4O.C2HF3O2/c1-10(16)8-18-11(2)15(20)19-9-12-4-3-5-14-13(12)6-7-17-14;3-2(4,5)1(6)7/h3-7,10-11,17-18H,8-9,16H2,1-2H3,(H,19,20);(H,6,7)/t10-,11-;/m0./s1. The van der Waals surface area contributed by atoms with Gasteiger partial charge >= 0.3 is 12.1 Å². The van der Waals surface area contributed by atoms with Gasteiger partial charge in [0.05, 0.1) is 6.04 Å². The van der Waals surface area contributed by atoms with Crippen molar-refractivity contribution in [3.63, 3.8) is 0 Å². The van der Waals surface area contributed by atoms with Crippen LogP contribution < -0.4 is 16.4 Å². The molecule has 0 aliphatic carbocycles. The Kier molecular flexibility index (Phi) is 8.26. The molecule has 0 bridgehead atoms. The van der Waals surface area contributed by atoms with E-state index in [4.69, 9.17) is 15.6 Å². The number of nitrogens with one attached hydrogen (secondary N) is 3. The number of aromatic nitrogens is 1. The fraction of sp³-hybridized carbons (Fsp3) is 0.412. The van der Waals surface area contributed by atoms with Crippen molar-refractivity contribution >= 4 is 22.8 Å². The average Bonchev–Trinajstić information content (AvgIpc) is 3.06. The second kappa shape index (κ2) is 9.93. The van der Waals surface area contributed by atoms with Crippen molar-refractivity contribution in [2.45, 2.75) is 38.7 Å². The van der Waals surface area contributed by atoms with E-state index in [0.717, 1.165) is 16.5 Å². The number of hydrogen-bond acceptors (Lipinski definition) is 4. The first-order valence-electron chi connectivity index (χ1n) is 8.14. The van der Waals surface area contributed by atoms with Crippen LogP contribution in [0.5, 0.6) is 0 Å². The van der Waals surface area contributed by atoms with Crippen LogP contribution in [0.3, 0.4) is 0 Å². The maximum Gasteiger partial charge on any atom is 0.490 e. The number of amides is 1. The van der Waals surface area contributed by atoms with Crippen LogP contribution >= 0.6 is 0 Å². The number of fused-ring (bicyclic) bond motifs is 1. The molecule has 2 atom stereocenters. The summed E-state index contributed by atoms with van der Waals surface area (Å²) in [4.78, 5) is 24.0. The van der Waals surface area contributed by atoms with Crippen LogP contribution in [-0.2, 0) is 16.1 Å². The number of halogens is 3. The molecular weight excluding hydrogens is 365 g/mol. The van der Waals surface area contributed by atoms with Crippen molar-refractivity contribution in [3.8, 4) is 0 Å². The smallest absolute Gasteiger partial charge is 0.475 e. The van der Waals surface area contributed by atoms with E-state index in [2.05, 4.69) is 15.6 Å². The minimum Gasteiger partial charge on any atom is -0.475 e. The van der Waals surface area contributed by atoms with Crippen LogP contribution in [0.15, 0.2) is 30.5 Å². The molecule has 0 radical (unpaired) electrons. The van der Waals surface area contributed by atoms with Crippen LogP contribution in [0.4, 0.5) is 13.2 Å². The van der Waals surface area contributed by atoms with Gasteiger partial charge in [-0.2, -0.15) is 13.2 Å². The molecule has 0 aliphatic heterocycles. The summed E-state index contributed by atoms with van der Waals surface area (Å²) in [6.45, 7) is 4.90. The van der Waals surface area contributed by atoms with E-state index in [1.54, 1.807) is 0 Å². The molecule has 0 saturated heterocycles. The molecule has 0 aliphatic rings. The van der Waals surface area contributed by atoms with Crippen molar-refractivity contribution in [1.82, 2.24) is 15.6 Å². The number of benzene rings is 1. The molecule has 0 fully saturated rings. The predicted molar refractivity (Wildman–Crippen MR) is 95.0 cm³/mol. The molecule has 1 amide bonds. The highest BCUT2D eigenvalue weighted by atomic mass is 19.4. The Morgan fingerprint density at radius 2 is 1.89 bits per heavy atom. The largest absolute Gasteiger partial charge is 0.490 e. The normalized spacial score (nSPS) is 13.4. The Hall–Kier alpha value is -2.59. The first kappa shape index (κ1) is 22.5. The summed E-state index contributed by atoms with van der Waals surface area (Å²) in [6.07, 6.45) is -3.18. The van der Waals surface area contributed by atoms with Gasteiger partial charge in [0.15, 0.2) is 0 Å². The van der Waals surface area contributed by atoms with Gasteiger partial charge in [-0.3, -0.25) is 4.79 Å². The molecule has 6 N–H and O–H groups in total. The Morgan fingerprint density at radius 3 is 2.44 bits per heavy atom. The van der Waals surface area contributed by atoms with Crippen molar-refractivity contribution in [3.05, 3.63) is 36.0 Å². The van der Waals surface area contributed by atoms with E-state index < -0.39 is 12.1 Å². The number of hydrogen-bond donors (Lipinski definition) is 5. The summed E-state index contributed by atoms with van der Waals surface area (Å²) < 4.78 is 31.7. The van der Waals surface area contributed by atoms with Gasteiger partial charge in [0.2, 0.25) is 5.91 Å². The zero-order valence-corrected chi connectivity index (χ0v) is 14.9. The molecule has 1 aromatic heterocycles. The number of carboxylic acid groups (broad SMARTS) is 1. The fourth-order valence-electron chi connectivity index (χ4n) is 2.10. The first-order chi connectivity index (χ1) is 12.5. The van der Waals surface area contributed by atoms with Crippen LogP contribution in [-0.4, -0.2) is 46.8 Å². The minimum atomic E-state index is -5.08. The number of rotatable bonds is 6. The Labute approximate surface area is 154 Å². The number of H-pyrrole nitrogens is 1. The lowest BCUT2D eigenvalue weighted by Gasteiger charge is -2.15. The number of carbonyl (C=O) groups excluding carboxylic acids is 1. The van der Waals surface area contributed by atoms with Gasteiger partial charge in [-0.15, -0.1) is 0 Å². The minimum absolute atomic E-state index is 0.0156. The SMILES string of the molecule is C[C@H](N)CN[C@@H](C)C(=O)NCc1cccc2[nH]ccc12.O=C(O)C(F)(F)F. The molecule has 7 nitrogen and oxygen atoms in total. The number of alkyl halides is 3. The quantitative estimate of drug-likeness (QED) is 0.516. The maximum atomic E-state index is 12.0. The number of nitrogens with two attached hydrogens (primary N) is 1. The molecule has 1 heterocycles. The second-order valence-corrected chi connectivity index (χ2v) is 5.98. The lowest BCUT2D eigenvalue weighted by atomic mass is 10.1. The van der Waals surface area contributed by atoms with E-state index in [9.17, 15) is 18.0 Å². The van der Waals surface area contributed by atoms with Crippen LogP contribution in [0, 0.1) is 0 Å². The Balaban J connectivity index is 0.000000445. The summed E-state index contributed by atoms with van der Waals surface area (Å²) in [7, 11) is 0. The third-order valence-electron chi connectivity index (χ3n) is 3.52. The van der Waals surface area contributed by atoms with E-state index >= 15 is 0 Å². The van der Waals surface area contributed by atoms with Gasteiger partial charge in [-0.05, 0) is 31.5 Å². The molecule has 150 valence electrons. The predicted octanol–water partition coefficient (Wildman–Crippen LogP) is 1.74. The van der Waals surface area contributed by atoms with E-state index in [-0.39, 0.29) is 18.0 Å². The molecule has 27 heavy (non-hydrogen) atoms. The van der Waals surface area contributed by atoms with Crippen molar-refractivity contribution < 1.29 is 27.9 Å². The molecule has 10 heteroatoms. The lowest BCUT2D eigenvalue weighted by Crippen LogP contribution is -2.45. The Bertz CT molecular complexity index is 759. The third kappa shape index (κ3) is 7.67. The fourth-order valence-corrected chi connectivity index (χ4v) is 2.10. The highest BCUT2D eigenvalue weighted by molar-refractivity contribution is 5.84. The number of carbonyl (C=O) groups is 2. The van der Waals surface area contributed by atoms with Crippen molar-refractivity contribution in [2.24, 2.45) is 5.73 Å². The number of carboxylic acids is 1. The van der Waals surface area contributed by atoms with E-state index in [1.165, 1.54) is 0 Å². The van der Waals surface area contributed by atoms with Crippen molar-refractivity contribution in [1.29, 1.82) is 0 Å². The molecular formula is C17H23F3N4O3. The maximum absolute atomic E-state index is 12.0. The number of aliphatic carboxylic acids is 1. The highest BCUT2D eigenvalue weighted by Crippen LogP contribution is 2.17. The van der Waals surface area contributed by atoms with E-state index in [0.29, 0.717) is 13.1 Å². The van der Waals surface area contributed by atoms with Crippen LogP contribution in [0.2, 0.25) is 0 Å². The second-order valence-electron chi connectivity index (χ2n) is 5.98. The molecule has 1 aromatic carbocycles. The first-order valence-corrected chi connectivity index (χ1v) is 8.14. The summed E-state index contributed by atoms with van der Waals surface area (Å²) in [5, 5.41) is 14.3. The van der Waals surface area contributed by atoms with Crippen molar-refractivity contribution in [2.75, 3.05) is 6.54 Å². The lowest BCUT2D eigenvalue weighted by molar-refractivity contribution is -0.192. The average molecular weight is 388 g/mol. The summed E-state index contributed by atoms with van der Waals surface area (Å²) >= 11 is 0. The monoisotopic (exact) mass is 388 g/mol.